The first-order chi connectivity index (χ1) is 8.72. The summed E-state index contributed by atoms with van der Waals surface area (Å²) in [5.41, 5.74) is 1.01. The first-order valence-corrected chi connectivity index (χ1v) is 7.52. The summed E-state index contributed by atoms with van der Waals surface area (Å²) in [5.74, 6) is 1.91. The number of benzene rings is 1. The molecular weight excluding hydrogens is 336 g/mol. The molecular formula is C13H12BrClO2S. The standard InChI is InChI=1S/C13H12BrClO2S/c1-16-12-3-2-9(6-15)4-13(12)17-7-11-5-10(14)8-18-11/h2-5,8H,6-7H2,1H3. The zero-order valence-corrected chi connectivity index (χ0v) is 12.9. The van der Waals surface area contributed by atoms with E-state index in [1.807, 2.05) is 29.6 Å². The second kappa shape index (κ2) is 6.45. The molecule has 0 atom stereocenters. The lowest BCUT2D eigenvalue weighted by molar-refractivity contribution is 0.287. The molecule has 2 aromatic rings. The highest BCUT2D eigenvalue weighted by Crippen LogP contribution is 2.30. The van der Waals surface area contributed by atoms with Gasteiger partial charge < -0.3 is 9.47 Å². The van der Waals surface area contributed by atoms with Gasteiger partial charge in [0.15, 0.2) is 11.5 Å². The molecule has 0 radical (unpaired) electrons. The van der Waals surface area contributed by atoms with E-state index in [-0.39, 0.29) is 0 Å². The summed E-state index contributed by atoms with van der Waals surface area (Å²) in [4.78, 5) is 1.15. The van der Waals surface area contributed by atoms with Crippen LogP contribution in [0.1, 0.15) is 10.4 Å². The third kappa shape index (κ3) is 3.40. The maximum atomic E-state index is 5.81. The van der Waals surface area contributed by atoms with E-state index in [0.29, 0.717) is 12.5 Å². The van der Waals surface area contributed by atoms with E-state index >= 15 is 0 Å². The van der Waals surface area contributed by atoms with E-state index < -0.39 is 0 Å². The largest absolute Gasteiger partial charge is 0.493 e. The van der Waals surface area contributed by atoms with Crippen molar-refractivity contribution in [2.75, 3.05) is 7.11 Å². The number of hydrogen-bond acceptors (Lipinski definition) is 3. The highest BCUT2D eigenvalue weighted by atomic mass is 79.9. The average molecular weight is 348 g/mol. The van der Waals surface area contributed by atoms with Crippen LogP contribution >= 0.6 is 38.9 Å². The number of ether oxygens (including phenoxy) is 2. The average Bonchev–Trinajstić information content (AvgIpc) is 2.81. The lowest BCUT2D eigenvalue weighted by Crippen LogP contribution is -1.96. The molecule has 0 bridgehead atoms. The summed E-state index contributed by atoms with van der Waals surface area (Å²) < 4.78 is 12.1. The van der Waals surface area contributed by atoms with Crippen molar-refractivity contribution in [2.24, 2.45) is 0 Å². The second-order valence-electron chi connectivity index (χ2n) is 3.64. The predicted molar refractivity (Wildman–Crippen MR) is 78.9 cm³/mol. The third-order valence-electron chi connectivity index (χ3n) is 2.37. The van der Waals surface area contributed by atoms with Gasteiger partial charge in [-0.3, -0.25) is 0 Å². The number of alkyl halides is 1. The number of rotatable bonds is 5. The third-order valence-corrected chi connectivity index (χ3v) is 4.35. The Labute approximate surface area is 124 Å². The van der Waals surface area contributed by atoms with Crippen molar-refractivity contribution < 1.29 is 9.47 Å². The van der Waals surface area contributed by atoms with Crippen molar-refractivity contribution in [1.29, 1.82) is 0 Å². The minimum absolute atomic E-state index is 0.463. The van der Waals surface area contributed by atoms with Crippen LogP contribution in [0.3, 0.4) is 0 Å². The smallest absolute Gasteiger partial charge is 0.162 e. The minimum atomic E-state index is 0.463. The van der Waals surface area contributed by atoms with Gasteiger partial charge in [0, 0.05) is 20.6 Å². The molecule has 0 saturated carbocycles. The first kappa shape index (κ1) is 13.7. The molecule has 0 saturated heterocycles. The molecule has 0 aliphatic rings. The molecule has 0 aliphatic heterocycles. The van der Waals surface area contributed by atoms with Gasteiger partial charge >= 0.3 is 0 Å². The van der Waals surface area contributed by atoms with Crippen molar-refractivity contribution in [2.45, 2.75) is 12.5 Å². The normalized spacial score (nSPS) is 10.4. The molecule has 0 spiro atoms. The molecule has 0 fully saturated rings. The fraction of sp³-hybridized carbons (Fsp3) is 0.231. The minimum Gasteiger partial charge on any atom is -0.493 e. The Morgan fingerprint density at radius 2 is 2.11 bits per heavy atom. The monoisotopic (exact) mass is 346 g/mol. The Balaban J connectivity index is 2.11. The molecule has 2 nitrogen and oxygen atoms in total. The molecule has 1 aromatic heterocycles. The van der Waals surface area contributed by atoms with Crippen molar-refractivity contribution in [1.82, 2.24) is 0 Å². The van der Waals surface area contributed by atoms with E-state index in [1.165, 1.54) is 0 Å². The molecule has 18 heavy (non-hydrogen) atoms. The van der Waals surface area contributed by atoms with Crippen molar-refractivity contribution >= 4 is 38.9 Å². The van der Waals surface area contributed by atoms with Crippen LogP contribution in [-0.4, -0.2) is 7.11 Å². The predicted octanol–water partition coefficient (Wildman–Crippen LogP) is 4.84. The van der Waals surface area contributed by atoms with Crippen LogP contribution in [0.25, 0.3) is 0 Å². The van der Waals surface area contributed by atoms with Gasteiger partial charge in [-0.1, -0.05) is 6.07 Å². The summed E-state index contributed by atoms with van der Waals surface area (Å²) >= 11 is 10.9. The summed E-state index contributed by atoms with van der Waals surface area (Å²) in [6.45, 7) is 0.526. The lowest BCUT2D eigenvalue weighted by Gasteiger charge is -2.11. The number of hydrogen-bond donors (Lipinski definition) is 0. The first-order valence-electron chi connectivity index (χ1n) is 5.31. The van der Waals surface area contributed by atoms with Crippen LogP contribution in [0.4, 0.5) is 0 Å². The van der Waals surface area contributed by atoms with Crippen LogP contribution in [0, 0.1) is 0 Å². The molecule has 96 valence electrons. The van der Waals surface area contributed by atoms with Gasteiger partial charge in [0.05, 0.1) is 7.11 Å². The van der Waals surface area contributed by atoms with E-state index in [1.54, 1.807) is 18.4 Å². The van der Waals surface area contributed by atoms with Crippen LogP contribution in [0.5, 0.6) is 11.5 Å². The summed E-state index contributed by atoms with van der Waals surface area (Å²) in [6, 6.07) is 7.76. The zero-order valence-electron chi connectivity index (χ0n) is 9.78. The van der Waals surface area contributed by atoms with E-state index in [4.69, 9.17) is 21.1 Å². The second-order valence-corrected chi connectivity index (χ2v) is 5.82. The van der Waals surface area contributed by atoms with Crippen molar-refractivity contribution in [3.63, 3.8) is 0 Å². The van der Waals surface area contributed by atoms with Crippen molar-refractivity contribution in [3.8, 4) is 11.5 Å². The Bertz CT molecular complexity index is 527. The lowest BCUT2D eigenvalue weighted by atomic mass is 10.2. The van der Waals surface area contributed by atoms with E-state index in [9.17, 15) is 0 Å². The summed E-state index contributed by atoms with van der Waals surface area (Å²) in [6.07, 6.45) is 0. The number of halogens is 2. The fourth-order valence-electron chi connectivity index (χ4n) is 1.50. The molecule has 0 aliphatic carbocycles. The van der Waals surface area contributed by atoms with E-state index in [2.05, 4.69) is 15.9 Å². The highest BCUT2D eigenvalue weighted by molar-refractivity contribution is 9.10. The summed E-state index contributed by atoms with van der Waals surface area (Å²) in [5, 5.41) is 2.03. The molecule has 0 unspecified atom stereocenters. The Morgan fingerprint density at radius 1 is 1.28 bits per heavy atom. The fourth-order valence-corrected chi connectivity index (χ4v) is 3.02. The maximum absolute atomic E-state index is 5.81. The molecule has 2 rings (SSSR count). The maximum Gasteiger partial charge on any atom is 0.162 e. The van der Waals surface area contributed by atoms with Crippen LogP contribution < -0.4 is 9.47 Å². The van der Waals surface area contributed by atoms with Gasteiger partial charge in [0.25, 0.3) is 0 Å². The highest BCUT2D eigenvalue weighted by Gasteiger charge is 2.06. The molecule has 0 N–H and O–H groups in total. The molecule has 5 heteroatoms. The summed E-state index contributed by atoms with van der Waals surface area (Å²) in [7, 11) is 1.63. The van der Waals surface area contributed by atoms with Gasteiger partial charge in [-0.05, 0) is 39.7 Å². The number of thiophene rings is 1. The van der Waals surface area contributed by atoms with Gasteiger partial charge in [-0.2, -0.15) is 0 Å². The van der Waals surface area contributed by atoms with Crippen LogP contribution in [0.15, 0.2) is 34.1 Å². The Hall–Kier alpha value is -0.710. The Kier molecular flexibility index (Phi) is 4.92. The zero-order chi connectivity index (χ0) is 13.0. The number of methoxy groups -OCH3 is 1. The van der Waals surface area contributed by atoms with Crippen LogP contribution in [0.2, 0.25) is 0 Å². The topological polar surface area (TPSA) is 18.5 Å². The van der Waals surface area contributed by atoms with Crippen LogP contribution in [-0.2, 0) is 12.5 Å². The SMILES string of the molecule is COc1ccc(CCl)cc1OCc1cc(Br)cs1. The molecule has 0 amide bonds. The molecule has 1 aromatic carbocycles. The van der Waals surface area contributed by atoms with Gasteiger partial charge in [0.1, 0.15) is 6.61 Å². The van der Waals surface area contributed by atoms with Gasteiger partial charge in [0.2, 0.25) is 0 Å². The Morgan fingerprint density at radius 3 is 2.72 bits per heavy atom. The van der Waals surface area contributed by atoms with Gasteiger partial charge in [-0.25, -0.2) is 0 Å². The molecule has 1 heterocycles. The quantitative estimate of drug-likeness (QED) is 0.721. The van der Waals surface area contributed by atoms with E-state index in [0.717, 1.165) is 26.4 Å². The van der Waals surface area contributed by atoms with Crippen molar-refractivity contribution in [3.05, 3.63) is 44.6 Å². The van der Waals surface area contributed by atoms with Gasteiger partial charge in [-0.15, -0.1) is 22.9 Å².